The van der Waals surface area contributed by atoms with E-state index < -0.39 is 6.04 Å². The smallest absolute Gasteiger partial charge is 0.231 e. The van der Waals surface area contributed by atoms with Crippen molar-refractivity contribution in [3.05, 3.63) is 48.3 Å². The Morgan fingerprint density at radius 2 is 2.14 bits per heavy atom. The summed E-state index contributed by atoms with van der Waals surface area (Å²) in [5, 5.41) is 14.3. The molecule has 2 aliphatic rings. The monoisotopic (exact) mass is 299 g/mol. The fraction of sp³-hybridized carbons (Fsp3) is 0.267. The molecular formula is C15H13N3O4. The van der Waals surface area contributed by atoms with Crippen LogP contribution in [-0.2, 0) is 4.79 Å². The van der Waals surface area contributed by atoms with Crippen LogP contribution in [0.15, 0.2) is 42.7 Å². The lowest BCUT2D eigenvalue weighted by Crippen LogP contribution is -2.27. The number of nitrogens with zero attached hydrogens (tertiary/aromatic N) is 3. The molecule has 0 unspecified atom stereocenters. The number of aliphatic hydroxyl groups is 1. The van der Waals surface area contributed by atoms with E-state index in [1.54, 1.807) is 4.68 Å². The summed E-state index contributed by atoms with van der Waals surface area (Å²) in [6.45, 7) is 0.194. The summed E-state index contributed by atoms with van der Waals surface area (Å²) in [6.07, 6.45) is 4.48. The molecule has 0 fully saturated rings. The van der Waals surface area contributed by atoms with Crippen LogP contribution < -0.4 is 9.47 Å². The van der Waals surface area contributed by atoms with Crippen LogP contribution >= 0.6 is 0 Å². The molecule has 7 heteroatoms. The van der Waals surface area contributed by atoms with Crippen molar-refractivity contribution >= 4 is 5.78 Å². The number of carbonyl (C=O) groups excluding carboxylic acids is 1. The Balaban J connectivity index is 1.78. The molecule has 0 saturated heterocycles. The summed E-state index contributed by atoms with van der Waals surface area (Å²) in [4.78, 5) is 15.8. The molecule has 112 valence electrons. The van der Waals surface area contributed by atoms with Crippen molar-refractivity contribution < 1.29 is 19.4 Å². The lowest BCUT2D eigenvalue weighted by atomic mass is 9.82. The van der Waals surface area contributed by atoms with Crippen molar-refractivity contribution in [2.45, 2.75) is 18.4 Å². The Kier molecular flexibility index (Phi) is 2.85. The van der Waals surface area contributed by atoms with Crippen LogP contribution in [0.2, 0.25) is 0 Å². The van der Waals surface area contributed by atoms with E-state index in [-0.39, 0.29) is 30.7 Å². The summed E-state index contributed by atoms with van der Waals surface area (Å²) in [7, 11) is 0. The molecule has 0 radical (unpaired) electrons. The van der Waals surface area contributed by atoms with E-state index in [2.05, 4.69) is 10.1 Å². The summed E-state index contributed by atoms with van der Waals surface area (Å²) >= 11 is 0. The molecule has 1 N–H and O–H groups in total. The first-order valence-corrected chi connectivity index (χ1v) is 6.89. The normalized spacial score (nSPS) is 23.5. The van der Waals surface area contributed by atoms with Crippen LogP contribution in [-0.4, -0.2) is 32.4 Å². The van der Waals surface area contributed by atoms with Crippen molar-refractivity contribution in [1.82, 2.24) is 14.8 Å². The fourth-order valence-electron chi connectivity index (χ4n) is 2.97. The van der Waals surface area contributed by atoms with Gasteiger partial charge in [-0.25, -0.2) is 9.67 Å². The molecule has 1 aliphatic carbocycles. The predicted molar refractivity (Wildman–Crippen MR) is 74.7 cm³/mol. The van der Waals surface area contributed by atoms with E-state index in [0.29, 0.717) is 11.5 Å². The molecule has 2 heterocycles. The van der Waals surface area contributed by atoms with Crippen LogP contribution in [0.3, 0.4) is 0 Å². The number of ether oxygens (including phenoxy) is 2. The fourth-order valence-corrected chi connectivity index (χ4v) is 2.97. The molecule has 1 aromatic heterocycles. The lowest BCUT2D eigenvalue weighted by Gasteiger charge is -2.29. The minimum absolute atomic E-state index is 0.00980. The van der Waals surface area contributed by atoms with Gasteiger partial charge in [0.05, 0.1) is 0 Å². The molecule has 1 aliphatic heterocycles. The maximum Gasteiger partial charge on any atom is 0.231 e. The van der Waals surface area contributed by atoms with Crippen LogP contribution in [0.1, 0.15) is 23.9 Å². The third-order valence-corrected chi connectivity index (χ3v) is 3.96. The van der Waals surface area contributed by atoms with Crippen LogP contribution in [0.5, 0.6) is 11.5 Å². The van der Waals surface area contributed by atoms with Gasteiger partial charge in [0.2, 0.25) is 6.79 Å². The van der Waals surface area contributed by atoms with Gasteiger partial charge in [-0.2, -0.15) is 5.10 Å². The molecule has 0 amide bonds. The number of aliphatic hydroxyl groups excluding tert-OH is 1. The minimum Gasteiger partial charge on any atom is -0.510 e. The largest absolute Gasteiger partial charge is 0.510 e. The van der Waals surface area contributed by atoms with Gasteiger partial charge >= 0.3 is 0 Å². The Bertz CT molecular complexity index is 754. The number of hydrogen-bond acceptors (Lipinski definition) is 6. The number of allylic oxidation sites excluding steroid dienone is 2. The van der Waals surface area contributed by atoms with Crippen LogP contribution in [0, 0.1) is 0 Å². The first-order chi connectivity index (χ1) is 10.7. The number of ketones is 1. The summed E-state index contributed by atoms with van der Waals surface area (Å²) in [5.41, 5.74) is 0.887. The zero-order valence-corrected chi connectivity index (χ0v) is 11.5. The van der Waals surface area contributed by atoms with Crippen molar-refractivity contribution in [2.24, 2.45) is 0 Å². The first kappa shape index (κ1) is 12.9. The lowest BCUT2D eigenvalue weighted by molar-refractivity contribution is -0.116. The molecule has 0 spiro atoms. The highest BCUT2D eigenvalue weighted by Crippen LogP contribution is 2.42. The summed E-state index contributed by atoms with van der Waals surface area (Å²) in [6, 6.07) is 5.09. The van der Waals surface area contributed by atoms with E-state index in [4.69, 9.17) is 9.47 Å². The van der Waals surface area contributed by atoms with E-state index in [0.717, 1.165) is 5.56 Å². The number of aromatic nitrogens is 3. The zero-order valence-electron chi connectivity index (χ0n) is 11.5. The van der Waals surface area contributed by atoms with Gasteiger partial charge in [-0.3, -0.25) is 4.79 Å². The second-order valence-corrected chi connectivity index (χ2v) is 5.28. The molecule has 0 bridgehead atoms. The van der Waals surface area contributed by atoms with Gasteiger partial charge in [-0.15, -0.1) is 0 Å². The molecule has 4 rings (SSSR count). The predicted octanol–water partition coefficient (Wildman–Crippen LogP) is 1.75. The second-order valence-electron chi connectivity index (χ2n) is 5.28. The Morgan fingerprint density at radius 3 is 2.95 bits per heavy atom. The van der Waals surface area contributed by atoms with E-state index in [1.165, 1.54) is 18.7 Å². The Morgan fingerprint density at radius 1 is 1.27 bits per heavy atom. The maximum atomic E-state index is 11.9. The number of hydrogen-bond donors (Lipinski definition) is 1. The number of carbonyl (C=O) groups is 1. The van der Waals surface area contributed by atoms with Crippen molar-refractivity contribution in [1.29, 1.82) is 0 Å². The van der Waals surface area contributed by atoms with Crippen LogP contribution in [0.25, 0.3) is 0 Å². The van der Waals surface area contributed by atoms with Crippen molar-refractivity contribution in [3.63, 3.8) is 0 Å². The van der Waals surface area contributed by atoms with E-state index >= 15 is 0 Å². The zero-order chi connectivity index (χ0) is 15.1. The molecule has 2 aromatic rings. The van der Waals surface area contributed by atoms with Gasteiger partial charge in [-0.1, -0.05) is 6.07 Å². The molecular weight excluding hydrogens is 286 g/mol. The minimum atomic E-state index is -0.458. The highest BCUT2D eigenvalue weighted by molar-refractivity contribution is 5.92. The number of rotatable bonds is 2. The first-order valence-electron chi connectivity index (χ1n) is 6.89. The van der Waals surface area contributed by atoms with Gasteiger partial charge in [0.15, 0.2) is 17.3 Å². The Labute approximate surface area is 125 Å². The molecule has 22 heavy (non-hydrogen) atoms. The van der Waals surface area contributed by atoms with E-state index in [1.807, 2.05) is 18.2 Å². The van der Waals surface area contributed by atoms with Gasteiger partial charge in [0.25, 0.3) is 0 Å². The number of benzene rings is 1. The highest BCUT2D eigenvalue weighted by atomic mass is 16.7. The van der Waals surface area contributed by atoms with Crippen molar-refractivity contribution in [2.75, 3.05) is 6.79 Å². The number of fused-ring (bicyclic) bond motifs is 1. The SMILES string of the molecule is O=C1C=C(O)[C@@H](n2cncn2)[C@H](c2ccc3c(c2)OCO3)C1. The molecule has 0 saturated carbocycles. The average molecular weight is 299 g/mol. The topological polar surface area (TPSA) is 86.5 Å². The van der Waals surface area contributed by atoms with E-state index in [9.17, 15) is 9.90 Å². The third-order valence-electron chi connectivity index (χ3n) is 3.96. The standard InChI is InChI=1S/C15H13N3O4/c19-10-4-11(9-1-2-13-14(3-9)22-8-21-13)15(12(20)5-10)18-7-16-6-17-18/h1-3,5-7,11,15,20H,4,8H2/t11-,15-/m0/s1. The van der Waals surface area contributed by atoms with Gasteiger partial charge in [0.1, 0.15) is 24.5 Å². The second kappa shape index (κ2) is 4.87. The van der Waals surface area contributed by atoms with Gasteiger partial charge < -0.3 is 14.6 Å². The molecule has 2 atom stereocenters. The highest BCUT2D eigenvalue weighted by Gasteiger charge is 2.35. The summed E-state index contributed by atoms with van der Waals surface area (Å²) < 4.78 is 12.3. The summed E-state index contributed by atoms with van der Waals surface area (Å²) in [5.74, 6) is 0.967. The van der Waals surface area contributed by atoms with Gasteiger partial charge in [-0.05, 0) is 17.7 Å². The molecule has 7 nitrogen and oxygen atoms in total. The van der Waals surface area contributed by atoms with Crippen molar-refractivity contribution in [3.8, 4) is 11.5 Å². The quantitative estimate of drug-likeness (QED) is 0.909. The van der Waals surface area contributed by atoms with Crippen LogP contribution in [0.4, 0.5) is 0 Å². The maximum absolute atomic E-state index is 11.9. The van der Waals surface area contributed by atoms with Gasteiger partial charge in [0, 0.05) is 18.4 Å². The molecule has 1 aromatic carbocycles. The third kappa shape index (κ3) is 2.02. The Hall–Kier alpha value is -2.83. The average Bonchev–Trinajstić information content (AvgIpc) is 3.16.